The number of rotatable bonds is 4. The molecule has 0 fully saturated rings. The summed E-state index contributed by atoms with van der Waals surface area (Å²) >= 11 is 3.36. The lowest BCUT2D eigenvalue weighted by atomic mass is 9.93. The summed E-state index contributed by atoms with van der Waals surface area (Å²) in [5, 5.41) is 2.90. The second-order valence-electron chi connectivity index (χ2n) is 7.27. The Kier molecular flexibility index (Phi) is 5.56. The molecule has 2 aromatic rings. The molecule has 1 aliphatic rings. The summed E-state index contributed by atoms with van der Waals surface area (Å²) in [5.74, 6) is 0.481. The number of hydrogen-bond acceptors (Lipinski definition) is 3. The highest BCUT2D eigenvalue weighted by atomic mass is 79.9. The maximum Gasteiger partial charge on any atom is 0.255 e. The average Bonchev–Trinajstić information content (AvgIpc) is 2.73. The van der Waals surface area contributed by atoms with Crippen LogP contribution in [0.3, 0.4) is 0 Å². The zero-order valence-corrected chi connectivity index (χ0v) is 17.3. The highest BCUT2D eigenvalue weighted by Crippen LogP contribution is 2.38. The average molecular weight is 431 g/mol. The Bertz CT molecular complexity index is 862. The first-order chi connectivity index (χ1) is 12.8. The van der Waals surface area contributed by atoms with Gasteiger partial charge in [-0.05, 0) is 62.7 Å². The van der Waals surface area contributed by atoms with Crippen molar-refractivity contribution in [3.63, 3.8) is 0 Å². The number of carbonyl (C=O) groups is 2. The van der Waals surface area contributed by atoms with Crippen LogP contribution in [-0.4, -0.2) is 25.0 Å². The molecule has 0 saturated heterocycles. The SMILES string of the molecule is CCCN1C(=O)C(C)(C)COc2ccc(NC(=O)c3ccc(Br)cc3)cc21. The Labute approximate surface area is 167 Å². The minimum atomic E-state index is -0.602. The summed E-state index contributed by atoms with van der Waals surface area (Å²) in [6, 6.07) is 12.6. The number of nitrogens with zero attached hydrogens (tertiary/aromatic N) is 1. The van der Waals surface area contributed by atoms with Crippen molar-refractivity contribution < 1.29 is 14.3 Å². The first-order valence-corrected chi connectivity index (χ1v) is 9.77. The largest absolute Gasteiger partial charge is 0.490 e. The molecule has 0 aromatic heterocycles. The Morgan fingerprint density at radius 3 is 2.59 bits per heavy atom. The van der Waals surface area contributed by atoms with Crippen LogP contribution in [0.4, 0.5) is 11.4 Å². The zero-order valence-electron chi connectivity index (χ0n) is 15.7. The number of nitrogens with one attached hydrogen (secondary N) is 1. The summed E-state index contributed by atoms with van der Waals surface area (Å²) in [4.78, 5) is 27.2. The predicted octanol–water partition coefficient (Wildman–Crippen LogP) is 4.86. The zero-order chi connectivity index (χ0) is 19.6. The highest BCUT2D eigenvalue weighted by molar-refractivity contribution is 9.10. The Morgan fingerprint density at radius 2 is 1.93 bits per heavy atom. The molecular formula is C21H23BrN2O3. The molecule has 6 heteroatoms. The summed E-state index contributed by atoms with van der Waals surface area (Å²) in [7, 11) is 0. The molecule has 0 saturated carbocycles. The standard InChI is InChI=1S/C21H23BrN2O3/c1-4-11-24-17-12-16(23-19(25)14-5-7-15(22)8-6-14)9-10-18(17)27-13-21(2,3)20(24)26/h5-10,12H,4,11,13H2,1-3H3,(H,23,25). The third kappa shape index (κ3) is 4.16. The number of halogens is 1. The quantitative estimate of drug-likeness (QED) is 0.752. The van der Waals surface area contributed by atoms with Gasteiger partial charge in [-0.1, -0.05) is 22.9 Å². The second-order valence-corrected chi connectivity index (χ2v) is 8.19. The van der Waals surface area contributed by atoms with E-state index in [2.05, 4.69) is 21.2 Å². The molecule has 1 N–H and O–H groups in total. The summed E-state index contributed by atoms with van der Waals surface area (Å²) in [5.41, 5.74) is 1.28. The smallest absolute Gasteiger partial charge is 0.255 e. The number of carbonyl (C=O) groups excluding carboxylic acids is 2. The molecule has 0 unspecified atom stereocenters. The number of hydrogen-bond donors (Lipinski definition) is 1. The van der Waals surface area contributed by atoms with Crippen molar-refractivity contribution in [1.82, 2.24) is 0 Å². The van der Waals surface area contributed by atoms with E-state index >= 15 is 0 Å². The maximum atomic E-state index is 13.0. The molecule has 3 rings (SSSR count). The Hall–Kier alpha value is -2.34. The lowest BCUT2D eigenvalue weighted by Gasteiger charge is -2.27. The van der Waals surface area contributed by atoms with Gasteiger partial charge >= 0.3 is 0 Å². The van der Waals surface area contributed by atoms with Crippen LogP contribution in [0.25, 0.3) is 0 Å². The Morgan fingerprint density at radius 1 is 1.22 bits per heavy atom. The van der Waals surface area contributed by atoms with Crippen LogP contribution < -0.4 is 15.0 Å². The fourth-order valence-corrected chi connectivity index (χ4v) is 3.24. The van der Waals surface area contributed by atoms with Crippen LogP contribution in [0.1, 0.15) is 37.6 Å². The molecule has 2 amide bonds. The number of anilines is 2. The number of fused-ring (bicyclic) bond motifs is 1. The lowest BCUT2D eigenvalue weighted by molar-refractivity contribution is -0.127. The molecule has 2 aromatic carbocycles. The van der Waals surface area contributed by atoms with Crippen molar-refractivity contribution in [2.24, 2.45) is 5.41 Å². The molecule has 1 aliphatic heterocycles. The van der Waals surface area contributed by atoms with Crippen LogP contribution in [0.5, 0.6) is 5.75 Å². The van der Waals surface area contributed by atoms with E-state index in [1.807, 2.05) is 39.0 Å². The van der Waals surface area contributed by atoms with Gasteiger partial charge in [-0.3, -0.25) is 9.59 Å². The van der Waals surface area contributed by atoms with Crippen molar-refractivity contribution in [3.8, 4) is 5.75 Å². The van der Waals surface area contributed by atoms with Gasteiger partial charge in [0.25, 0.3) is 5.91 Å². The molecule has 0 radical (unpaired) electrons. The topological polar surface area (TPSA) is 58.6 Å². The summed E-state index contributed by atoms with van der Waals surface area (Å²) in [6.45, 7) is 6.73. The van der Waals surface area contributed by atoms with Crippen molar-refractivity contribution in [1.29, 1.82) is 0 Å². The van der Waals surface area contributed by atoms with Gasteiger partial charge in [-0.15, -0.1) is 0 Å². The predicted molar refractivity (Wildman–Crippen MR) is 110 cm³/mol. The first kappa shape index (κ1) is 19.4. The normalized spacial score (nSPS) is 15.6. The third-order valence-electron chi connectivity index (χ3n) is 4.47. The molecule has 142 valence electrons. The van der Waals surface area contributed by atoms with Gasteiger partial charge in [-0.2, -0.15) is 0 Å². The van der Waals surface area contributed by atoms with Gasteiger partial charge < -0.3 is 15.0 Å². The molecule has 5 nitrogen and oxygen atoms in total. The van der Waals surface area contributed by atoms with Gasteiger partial charge in [0.15, 0.2) is 0 Å². The van der Waals surface area contributed by atoms with E-state index in [1.54, 1.807) is 29.2 Å². The summed E-state index contributed by atoms with van der Waals surface area (Å²) < 4.78 is 6.80. The summed E-state index contributed by atoms with van der Waals surface area (Å²) in [6.07, 6.45) is 0.830. The highest BCUT2D eigenvalue weighted by Gasteiger charge is 2.37. The van der Waals surface area contributed by atoms with Crippen LogP contribution >= 0.6 is 15.9 Å². The van der Waals surface area contributed by atoms with Crippen LogP contribution in [0.2, 0.25) is 0 Å². The van der Waals surface area contributed by atoms with Gasteiger partial charge in [0, 0.05) is 22.3 Å². The van der Waals surface area contributed by atoms with Crippen LogP contribution in [0, 0.1) is 5.41 Å². The van der Waals surface area contributed by atoms with Gasteiger partial charge in [0.05, 0.1) is 11.1 Å². The molecule has 0 spiro atoms. The Balaban J connectivity index is 1.90. The minimum absolute atomic E-state index is 0.0273. The molecule has 0 atom stereocenters. The second kappa shape index (κ2) is 7.72. The van der Waals surface area contributed by atoms with Crippen molar-refractivity contribution in [2.45, 2.75) is 27.2 Å². The van der Waals surface area contributed by atoms with Gasteiger partial charge in [0.1, 0.15) is 12.4 Å². The van der Waals surface area contributed by atoms with Crippen LogP contribution in [-0.2, 0) is 4.79 Å². The van der Waals surface area contributed by atoms with E-state index in [4.69, 9.17) is 4.74 Å². The molecule has 27 heavy (non-hydrogen) atoms. The first-order valence-electron chi connectivity index (χ1n) is 8.97. The fraction of sp³-hybridized carbons (Fsp3) is 0.333. The van der Waals surface area contributed by atoms with Gasteiger partial charge in [0.2, 0.25) is 5.91 Å². The van der Waals surface area contributed by atoms with Crippen molar-refractivity contribution in [2.75, 3.05) is 23.4 Å². The van der Waals surface area contributed by atoms with Crippen molar-refractivity contribution in [3.05, 3.63) is 52.5 Å². The number of benzene rings is 2. The van der Waals surface area contributed by atoms with E-state index in [1.165, 1.54) is 0 Å². The molecule has 1 heterocycles. The van der Waals surface area contributed by atoms with Gasteiger partial charge in [-0.25, -0.2) is 0 Å². The van der Waals surface area contributed by atoms with E-state index in [9.17, 15) is 9.59 Å². The monoisotopic (exact) mass is 430 g/mol. The van der Waals surface area contributed by atoms with E-state index in [0.717, 1.165) is 10.9 Å². The maximum absolute atomic E-state index is 13.0. The fourth-order valence-electron chi connectivity index (χ4n) is 2.97. The van der Waals surface area contributed by atoms with E-state index in [0.29, 0.717) is 35.8 Å². The molecular weight excluding hydrogens is 408 g/mol. The van der Waals surface area contributed by atoms with Crippen molar-refractivity contribution >= 4 is 39.1 Å². The number of ether oxygens (including phenoxy) is 1. The molecule has 0 bridgehead atoms. The minimum Gasteiger partial charge on any atom is -0.490 e. The third-order valence-corrected chi connectivity index (χ3v) is 5.00. The van der Waals surface area contributed by atoms with E-state index < -0.39 is 5.41 Å². The van der Waals surface area contributed by atoms with E-state index in [-0.39, 0.29) is 11.8 Å². The lowest BCUT2D eigenvalue weighted by Crippen LogP contribution is -2.42. The number of amides is 2. The van der Waals surface area contributed by atoms with Crippen LogP contribution in [0.15, 0.2) is 46.9 Å². The molecule has 0 aliphatic carbocycles.